The summed E-state index contributed by atoms with van der Waals surface area (Å²) in [6, 6.07) is 12.0. The average Bonchev–Trinajstić information content (AvgIpc) is 3.01. The summed E-state index contributed by atoms with van der Waals surface area (Å²) in [5.41, 5.74) is 2.37. The molecule has 5 nitrogen and oxygen atoms in total. The third-order valence-electron chi connectivity index (χ3n) is 3.53. The molecule has 0 fully saturated rings. The Morgan fingerprint density at radius 3 is 2.43 bits per heavy atom. The van der Waals surface area contributed by atoms with E-state index in [2.05, 4.69) is 9.78 Å². The summed E-state index contributed by atoms with van der Waals surface area (Å²) in [5, 5.41) is 0.731. The highest BCUT2D eigenvalue weighted by molar-refractivity contribution is 6.16. The first-order chi connectivity index (χ1) is 11.1. The Balaban J connectivity index is 2.13. The number of aryl methyl sites for hydroxylation is 1. The summed E-state index contributed by atoms with van der Waals surface area (Å²) in [6.07, 6.45) is 1.50. The number of carbonyl (C=O) groups excluding carboxylic acids is 2. The van der Waals surface area contributed by atoms with E-state index in [0.717, 1.165) is 10.9 Å². The molecule has 0 amide bonds. The fourth-order valence-corrected chi connectivity index (χ4v) is 2.35. The Morgan fingerprint density at radius 1 is 1.00 bits per heavy atom. The molecule has 23 heavy (non-hydrogen) atoms. The standard InChI is InChI=1S/C18H14O5/c1-11-3-5-12(6-4-11)17(19)14-9-13-7-8-22-16(13)10-15(14)18(20)23-21-2/h3-10H,1-2H3. The quantitative estimate of drug-likeness (QED) is 0.418. The molecule has 0 saturated heterocycles. The summed E-state index contributed by atoms with van der Waals surface area (Å²) in [6.45, 7) is 1.94. The molecule has 116 valence electrons. The maximum atomic E-state index is 12.8. The minimum atomic E-state index is -0.749. The van der Waals surface area contributed by atoms with Crippen molar-refractivity contribution in [2.75, 3.05) is 7.11 Å². The van der Waals surface area contributed by atoms with Crippen molar-refractivity contribution in [1.82, 2.24) is 0 Å². The van der Waals surface area contributed by atoms with Crippen molar-refractivity contribution in [3.8, 4) is 0 Å². The van der Waals surface area contributed by atoms with Crippen molar-refractivity contribution in [3.63, 3.8) is 0 Å². The number of hydrogen-bond acceptors (Lipinski definition) is 5. The summed E-state index contributed by atoms with van der Waals surface area (Å²) < 4.78 is 5.28. The van der Waals surface area contributed by atoms with Gasteiger partial charge in [0.05, 0.1) is 18.9 Å². The highest BCUT2D eigenvalue weighted by atomic mass is 17.2. The van der Waals surface area contributed by atoms with Crippen molar-refractivity contribution < 1.29 is 23.8 Å². The lowest BCUT2D eigenvalue weighted by atomic mass is 9.96. The lowest BCUT2D eigenvalue weighted by Crippen LogP contribution is -2.12. The van der Waals surface area contributed by atoms with Crippen LogP contribution in [0.4, 0.5) is 0 Å². The van der Waals surface area contributed by atoms with Crippen LogP contribution in [-0.2, 0) is 9.78 Å². The van der Waals surface area contributed by atoms with Gasteiger partial charge in [-0.15, -0.1) is 0 Å². The van der Waals surface area contributed by atoms with Gasteiger partial charge in [-0.2, -0.15) is 4.89 Å². The lowest BCUT2D eigenvalue weighted by Gasteiger charge is -2.08. The van der Waals surface area contributed by atoms with Gasteiger partial charge in [0.25, 0.3) is 0 Å². The number of ketones is 1. The number of hydrogen-bond donors (Lipinski definition) is 0. The molecule has 1 heterocycles. The van der Waals surface area contributed by atoms with Gasteiger partial charge in [0.2, 0.25) is 0 Å². The lowest BCUT2D eigenvalue weighted by molar-refractivity contribution is -0.216. The van der Waals surface area contributed by atoms with Crippen molar-refractivity contribution >= 4 is 22.7 Å². The minimum absolute atomic E-state index is 0.0971. The molecule has 0 saturated carbocycles. The SMILES string of the molecule is COOC(=O)c1cc2occc2cc1C(=O)c1ccc(C)cc1. The fraction of sp³-hybridized carbons (Fsp3) is 0.111. The molecule has 0 aliphatic carbocycles. The molecule has 0 atom stereocenters. The van der Waals surface area contributed by atoms with Gasteiger partial charge in [0.15, 0.2) is 5.78 Å². The largest absolute Gasteiger partial charge is 0.464 e. The predicted molar refractivity (Wildman–Crippen MR) is 83.3 cm³/mol. The zero-order valence-electron chi connectivity index (χ0n) is 12.7. The van der Waals surface area contributed by atoms with E-state index < -0.39 is 5.97 Å². The summed E-state index contributed by atoms with van der Waals surface area (Å²) >= 11 is 0. The van der Waals surface area contributed by atoms with Crippen LogP contribution in [0.15, 0.2) is 53.1 Å². The van der Waals surface area contributed by atoms with E-state index >= 15 is 0 Å². The van der Waals surface area contributed by atoms with Crippen LogP contribution in [0.5, 0.6) is 0 Å². The molecule has 0 N–H and O–H groups in total. The van der Waals surface area contributed by atoms with E-state index in [9.17, 15) is 9.59 Å². The third-order valence-corrected chi connectivity index (χ3v) is 3.53. The second-order valence-electron chi connectivity index (χ2n) is 5.09. The maximum absolute atomic E-state index is 12.8. The van der Waals surface area contributed by atoms with Crippen LogP contribution < -0.4 is 0 Å². The second-order valence-corrected chi connectivity index (χ2v) is 5.09. The van der Waals surface area contributed by atoms with E-state index in [1.54, 1.807) is 24.3 Å². The summed E-state index contributed by atoms with van der Waals surface area (Å²) in [4.78, 5) is 33.8. The summed E-state index contributed by atoms with van der Waals surface area (Å²) in [5.74, 6) is -1.02. The Bertz CT molecular complexity index is 874. The molecule has 0 spiro atoms. The van der Waals surface area contributed by atoms with E-state index in [0.29, 0.717) is 11.1 Å². The molecule has 2 aromatic carbocycles. The van der Waals surface area contributed by atoms with Gasteiger partial charge in [0.1, 0.15) is 5.58 Å². The first-order valence-electron chi connectivity index (χ1n) is 6.98. The Kier molecular flexibility index (Phi) is 3.95. The van der Waals surface area contributed by atoms with Crippen molar-refractivity contribution in [3.05, 3.63) is 71.0 Å². The van der Waals surface area contributed by atoms with Gasteiger partial charge in [-0.05, 0) is 25.1 Å². The number of benzene rings is 2. The van der Waals surface area contributed by atoms with Crippen LogP contribution in [0.25, 0.3) is 11.0 Å². The molecule has 3 rings (SSSR count). The second kappa shape index (κ2) is 6.06. The van der Waals surface area contributed by atoms with Crippen LogP contribution in [0.1, 0.15) is 31.8 Å². The first kappa shape index (κ1) is 15.0. The zero-order chi connectivity index (χ0) is 16.4. The summed E-state index contributed by atoms with van der Waals surface area (Å²) in [7, 11) is 1.23. The molecule has 1 aromatic heterocycles. The highest BCUT2D eigenvalue weighted by Crippen LogP contribution is 2.24. The van der Waals surface area contributed by atoms with Crippen LogP contribution in [-0.4, -0.2) is 18.9 Å². The number of fused-ring (bicyclic) bond motifs is 1. The molecular formula is C18H14O5. The number of furan rings is 1. The normalized spacial score (nSPS) is 10.7. The zero-order valence-corrected chi connectivity index (χ0v) is 12.7. The van der Waals surface area contributed by atoms with Gasteiger partial charge >= 0.3 is 5.97 Å². The highest BCUT2D eigenvalue weighted by Gasteiger charge is 2.22. The fourth-order valence-electron chi connectivity index (χ4n) is 2.35. The first-order valence-corrected chi connectivity index (χ1v) is 6.98. The molecule has 0 aliphatic heterocycles. The molecule has 0 unspecified atom stereocenters. The predicted octanol–water partition coefficient (Wildman–Crippen LogP) is 3.69. The van der Waals surface area contributed by atoms with Crippen molar-refractivity contribution in [2.24, 2.45) is 0 Å². The van der Waals surface area contributed by atoms with Crippen molar-refractivity contribution in [2.45, 2.75) is 6.92 Å². The van der Waals surface area contributed by atoms with Gasteiger partial charge < -0.3 is 4.42 Å². The molecule has 0 radical (unpaired) electrons. The molecule has 0 aliphatic rings. The van der Waals surface area contributed by atoms with Gasteiger partial charge in [0, 0.05) is 16.5 Å². The number of rotatable bonds is 4. The molecule has 0 bridgehead atoms. The van der Waals surface area contributed by atoms with E-state index in [1.807, 2.05) is 19.1 Å². The van der Waals surface area contributed by atoms with Crippen LogP contribution in [0.2, 0.25) is 0 Å². The third kappa shape index (κ3) is 2.86. The Hall–Kier alpha value is -2.92. The van der Waals surface area contributed by atoms with E-state index in [1.165, 1.54) is 19.4 Å². The van der Waals surface area contributed by atoms with Crippen molar-refractivity contribution in [1.29, 1.82) is 0 Å². The van der Waals surface area contributed by atoms with Crippen LogP contribution in [0.3, 0.4) is 0 Å². The molecular weight excluding hydrogens is 296 g/mol. The monoisotopic (exact) mass is 310 g/mol. The maximum Gasteiger partial charge on any atom is 0.373 e. The van der Waals surface area contributed by atoms with Gasteiger partial charge in [-0.25, -0.2) is 4.79 Å². The average molecular weight is 310 g/mol. The Labute approximate surface area is 132 Å². The smallest absolute Gasteiger partial charge is 0.373 e. The van der Waals surface area contributed by atoms with Gasteiger partial charge in [-0.3, -0.25) is 9.68 Å². The van der Waals surface area contributed by atoms with Gasteiger partial charge in [-0.1, -0.05) is 29.8 Å². The van der Waals surface area contributed by atoms with E-state index in [-0.39, 0.29) is 16.9 Å². The molecule has 5 heteroatoms. The minimum Gasteiger partial charge on any atom is -0.464 e. The topological polar surface area (TPSA) is 65.7 Å². The van der Waals surface area contributed by atoms with Crippen LogP contribution >= 0.6 is 0 Å². The van der Waals surface area contributed by atoms with Crippen LogP contribution in [0, 0.1) is 6.92 Å². The van der Waals surface area contributed by atoms with E-state index in [4.69, 9.17) is 4.42 Å². The number of carbonyl (C=O) groups is 2. The molecule has 3 aromatic rings. The Morgan fingerprint density at radius 2 is 1.74 bits per heavy atom.